The van der Waals surface area contributed by atoms with E-state index in [2.05, 4.69) is 10.3 Å². The number of aryl methyl sites for hydroxylation is 1. The summed E-state index contributed by atoms with van der Waals surface area (Å²) >= 11 is 1.59. The van der Waals surface area contributed by atoms with Crippen LogP contribution in [0.4, 0.5) is 0 Å². The quantitative estimate of drug-likeness (QED) is 0.894. The lowest BCUT2D eigenvalue weighted by molar-refractivity contribution is -0.128. The highest BCUT2D eigenvalue weighted by Gasteiger charge is 2.38. The molecule has 0 saturated heterocycles. The first-order valence-corrected chi connectivity index (χ1v) is 7.79. The van der Waals surface area contributed by atoms with Crippen LogP contribution in [0.3, 0.4) is 0 Å². The Morgan fingerprint density at radius 1 is 1.63 bits per heavy atom. The third kappa shape index (κ3) is 3.34. The minimum absolute atomic E-state index is 0.0380. The lowest BCUT2D eigenvalue weighted by atomic mass is 9.74. The monoisotopic (exact) mass is 281 g/mol. The van der Waals surface area contributed by atoms with E-state index in [0.29, 0.717) is 0 Å². The molecular weight excluding hydrogens is 258 g/mol. The maximum Gasteiger partial charge on any atom is 0.225 e. The molecule has 5 heteroatoms. The highest BCUT2D eigenvalue weighted by Crippen LogP contribution is 2.32. The average molecular weight is 281 g/mol. The standard InChI is InChI=1S/C14H23N3OS/c1-9-8-19-13(16-9)10(2)17-12(18)11-6-4-5-7-14(11,3)15/h8,10-11H,4-7,15H2,1-3H3,(H,17,18). The average Bonchev–Trinajstić information content (AvgIpc) is 2.75. The fraction of sp³-hybridized carbons (Fsp3) is 0.714. The fourth-order valence-electron chi connectivity index (χ4n) is 2.74. The number of thiazole rings is 1. The number of carbonyl (C=O) groups excluding carboxylic acids is 1. The smallest absolute Gasteiger partial charge is 0.225 e. The van der Waals surface area contributed by atoms with Gasteiger partial charge in [0.15, 0.2) is 0 Å². The van der Waals surface area contributed by atoms with Crippen LogP contribution in [0.1, 0.15) is 56.3 Å². The van der Waals surface area contributed by atoms with E-state index in [0.717, 1.165) is 36.4 Å². The van der Waals surface area contributed by atoms with Gasteiger partial charge in [0.05, 0.1) is 12.0 Å². The molecule has 106 valence electrons. The Labute approximate surface area is 118 Å². The Kier molecular flexibility index (Phi) is 4.26. The van der Waals surface area contributed by atoms with Crippen LogP contribution in [0.5, 0.6) is 0 Å². The highest BCUT2D eigenvalue weighted by atomic mass is 32.1. The Bertz CT molecular complexity index is 455. The van der Waals surface area contributed by atoms with Gasteiger partial charge < -0.3 is 11.1 Å². The first-order chi connectivity index (χ1) is 8.90. The SMILES string of the molecule is Cc1csc(C(C)NC(=O)C2CCCCC2(C)N)n1. The van der Waals surface area contributed by atoms with Crippen LogP contribution in [-0.4, -0.2) is 16.4 Å². The summed E-state index contributed by atoms with van der Waals surface area (Å²) in [6, 6.07) is -0.0380. The summed E-state index contributed by atoms with van der Waals surface area (Å²) < 4.78 is 0. The number of rotatable bonds is 3. The summed E-state index contributed by atoms with van der Waals surface area (Å²) in [4.78, 5) is 16.8. The molecule has 3 atom stereocenters. The van der Waals surface area contributed by atoms with Gasteiger partial charge in [-0.15, -0.1) is 11.3 Å². The molecule has 0 aliphatic heterocycles. The molecule has 19 heavy (non-hydrogen) atoms. The van der Waals surface area contributed by atoms with Crippen LogP contribution < -0.4 is 11.1 Å². The van der Waals surface area contributed by atoms with Crippen molar-refractivity contribution < 1.29 is 4.79 Å². The molecule has 0 spiro atoms. The Balaban J connectivity index is 2.00. The van der Waals surface area contributed by atoms with E-state index < -0.39 is 0 Å². The number of nitrogens with zero attached hydrogens (tertiary/aromatic N) is 1. The number of carbonyl (C=O) groups is 1. The molecule has 4 nitrogen and oxygen atoms in total. The van der Waals surface area contributed by atoms with E-state index in [9.17, 15) is 4.79 Å². The summed E-state index contributed by atoms with van der Waals surface area (Å²) in [6.45, 7) is 5.94. The zero-order chi connectivity index (χ0) is 14.0. The second-order valence-corrected chi connectivity index (χ2v) is 6.75. The van der Waals surface area contributed by atoms with E-state index >= 15 is 0 Å². The van der Waals surface area contributed by atoms with E-state index in [1.807, 2.05) is 26.2 Å². The van der Waals surface area contributed by atoms with E-state index in [-0.39, 0.29) is 23.4 Å². The van der Waals surface area contributed by atoms with Crippen LogP contribution in [0, 0.1) is 12.8 Å². The summed E-state index contributed by atoms with van der Waals surface area (Å²) in [5.74, 6) is -0.00480. The predicted octanol–water partition coefficient (Wildman–Crippen LogP) is 2.54. The molecule has 2 rings (SSSR count). The van der Waals surface area contributed by atoms with Gasteiger partial charge in [0.2, 0.25) is 5.91 Å². The maximum atomic E-state index is 12.4. The van der Waals surface area contributed by atoms with Crippen molar-refractivity contribution in [3.8, 4) is 0 Å². The van der Waals surface area contributed by atoms with E-state index in [4.69, 9.17) is 5.73 Å². The third-order valence-corrected chi connectivity index (χ3v) is 5.08. The third-order valence-electron chi connectivity index (χ3n) is 3.94. The van der Waals surface area contributed by atoms with Crippen LogP contribution in [-0.2, 0) is 4.79 Å². The number of nitrogens with one attached hydrogen (secondary N) is 1. The summed E-state index contributed by atoms with van der Waals surface area (Å²) in [7, 11) is 0. The highest BCUT2D eigenvalue weighted by molar-refractivity contribution is 7.09. The molecule has 1 aliphatic rings. The van der Waals surface area contributed by atoms with Crippen LogP contribution in [0.2, 0.25) is 0 Å². The van der Waals surface area contributed by atoms with Gasteiger partial charge in [-0.3, -0.25) is 4.79 Å². The normalized spacial score (nSPS) is 28.9. The number of aromatic nitrogens is 1. The number of nitrogens with two attached hydrogens (primary N) is 1. The second-order valence-electron chi connectivity index (χ2n) is 5.86. The van der Waals surface area contributed by atoms with Crippen LogP contribution in [0.25, 0.3) is 0 Å². The molecule has 3 unspecified atom stereocenters. The summed E-state index contributed by atoms with van der Waals surface area (Å²) in [5.41, 5.74) is 6.90. The van der Waals surface area contributed by atoms with Crippen molar-refractivity contribution in [2.45, 2.75) is 58.0 Å². The van der Waals surface area contributed by atoms with Gasteiger partial charge in [0, 0.05) is 16.6 Å². The van der Waals surface area contributed by atoms with E-state index in [1.54, 1.807) is 11.3 Å². The largest absolute Gasteiger partial charge is 0.347 e. The van der Waals surface area contributed by atoms with Crippen molar-refractivity contribution in [3.63, 3.8) is 0 Å². The Morgan fingerprint density at radius 2 is 2.37 bits per heavy atom. The number of amides is 1. The predicted molar refractivity (Wildman–Crippen MR) is 78.0 cm³/mol. The molecule has 3 N–H and O–H groups in total. The van der Waals surface area contributed by atoms with Crippen molar-refractivity contribution in [1.82, 2.24) is 10.3 Å². The van der Waals surface area contributed by atoms with Gasteiger partial charge in [0.1, 0.15) is 5.01 Å². The molecule has 1 aliphatic carbocycles. The Morgan fingerprint density at radius 3 is 2.95 bits per heavy atom. The molecule has 1 heterocycles. The van der Waals surface area contributed by atoms with Gasteiger partial charge in [-0.05, 0) is 33.6 Å². The summed E-state index contributed by atoms with van der Waals surface area (Å²) in [5, 5.41) is 6.03. The van der Waals surface area contributed by atoms with Gasteiger partial charge in [-0.25, -0.2) is 4.98 Å². The molecular formula is C14H23N3OS. The zero-order valence-corrected chi connectivity index (χ0v) is 12.7. The Hall–Kier alpha value is -0.940. The van der Waals surface area contributed by atoms with Gasteiger partial charge in [0.25, 0.3) is 0 Å². The molecule has 1 saturated carbocycles. The second kappa shape index (κ2) is 5.59. The molecule has 0 radical (unpaired) electrons. The lowest BCUT2D eigenvalue weighted by Gasteiger charge is -2.37. The fourth-order valence-corrected chi connectivity index (χ4v) is 3.54. The maximum absolute atomic E-state index is 12.4. The van der Waals surface area contributed by atoms with E-state index in [1.165, 1.54) is 0 Å². The van der Waals surface area contributed by atoms with Crippen molar-refractivity contribution in [3.05, 3.63) is 16.1 Å². The molecule has 0 bridgehead atoms. The van der Waals surface area contributed by atoms with Crippen molar-refractivity contribution in [2.24, 2.45) is 11.7 Å². The molecule has 1 amide bonds. The van der Waals surface area contributed by atoms with Gasteiger partial charge >= 0.3 is 0 Å². The number of hydrogen-bond donors (Lipinski definition) is 2. The van der Waals surface area contributed by atoms with Crippen molar-refractivity contribution in [1.29, 1.82) is 0 Å². The first-order valence-electron chi connectivity index (χ1n) is 6.91. The van der Waals surface area contributed by atoms with Gasteiger partial charge in [-0.1, -0.05) is 12.8 Å². The van der Waals surface area contributed by atoms with Crippen LogP contribution in [0.15, 0.2) is 5.38 Å². The summed E-state index contributed by atoms with van der Waals surface area (Å²) in [6.07, 6.45) is 4.03. The first kappa shape index (κ1) is 14.5. The van der Waals surface area contributed by atoms with Gasteiger partial charge in [-0.2, -0.15) is 0 Å². The minimum atomic E-state index is -0.374. The number of hydrogen-bond acceptors (Lipinski definition) is 4. The van der Waals surface area contributed by atoms with Crippen LogP contribution >= 0.6 is 11.3 Å². The molecule has 1 aromatic heterocycles. The van der Waals surface area contributed by atoms with Crippen molar-refractivity contribution in [2.75, 3.05) is 0 Å². The minimum Gasteiger partial charge on any atom is -0.347 e. The topological polar surface area (TPSA) is 68.0 Å². The zero-order valence-electron chi connectivity index (χ0n) is 11.9. The lowest BCUT2D eigenvalue weighted by Crippen LogP contribution is -2.53. The molecule has 1 fully saturated rings. The molecule has 1 aromatic rings. The van der Waals surface area contributed by atoms with Crippen molar-refractivity contribution >= 4 is 17.2 Å². The molecule has 0 aromatic carbocycles.